The summed E-state index contributed by atoms with van der Waals surface area (Å²) in [4.78, 5) is 0. The third kappa shape index (κ3) is 1.42. The van der Waals surface area contributed by atoms with Gasteiger partial charge in [-0.05, 0) is 30.0 Å². The van der Waals surface area contributed by atoms with Gasteiger partial charge in [-0.1, -0.05) is 12.1 Å². The van der Waals surface area contributed by atoms with Crippen LogP contribution in [0.5, 0.6) is 0 Å². The normalized spacial score (nSPS) is 30.4. The molecule has 1 saturated carbocycles. The number of aliphatic hydroxyl groups excluding tert-OH is 1. The van der Waals surface area contributed by atoms with Gasteiger partial charge >= 0.3 is 0 Å². The van der Waals surface area contributed by atoms with Gasteiger partial charge in [0.05, 0.1) is 6.61 Å². The minimum atomic E-state index is -0.224. The summed E-state index contributed by atoms with van der Waals surface area (Å²) in [6.45, 7) is 0.551. The molecule has 1 aromatic rings. The Hall–Kier alpha value is -0.930. The van der Waals surface area contributed by atoms with E-state index in [2.05, 4.69) is 0 Å². The molecular formula is C11H14FNO. The summed E-state index contributed by atoms with van der Waals surface area (Å²) in [5.41, 5.74) is 6.35. The first-order valence-corrected chi connectivity index (χ1v) is 4.78. The first-order chi connectivity index (χ1) is 6.72. The van der Waals surface area contributed by atoms with Crippen molar-refractivity contribution in [2.24, 2.45) is 11.1 Å². The molecule has 76 valence electrons. The van der Waals surface area contributed by atoms with E-state index in [1.807, 2.05) is 6.07 Å². The van der Waals surface area contributed by atoms with E-state index in [1.54, 1.807) is 6.07 Å². The molecule has 0 aliphatic heterocycles. The molecule has 1 fully saturated rings. The average Bonchev–Trinajstić information content (AvgIpc) is 2.93. The number of benzene rings is 1. The van der Waals surface area contributed by atoms with Crippen LogP contribution in [-0.4, -0.2) is 18.3 Å². The molecule has 1 aliphatic rings. The second-order valence-corrected chi connectivity index (χ2v) is 4.04. The van der Waals surface area contributed by atoms with Crippen LogP contribution in [0.3, 0.4) is 0 Å². The number of halogens is 1. The van der Waals surface area contributed by atoms with E-state index in [1.165, 1.54) is 12.1 Å². The molecule has 0 bridgehead atoms. The van der Waals surface area contributed by atoms with Gasteiger partial charge in [0.2, 0.25) is 0 Å². The van der Waals surface area contributed by atoms with E-state index in [0.717, 1.165) is 12.0 Å². The highest BCUT2D eigenvalue weighted by atomic mass is 19.1. The maximum absolute atomic E-state index is 12.9. The zero-order chi connectivity index (χ0) is 10.2. The van der Waals surface area contributed by atoms with Crippen molar-refractivity contribution in [1.29, 1.82) is 0 Å². The second kappa shape index (κ2) is 3.33. The fourth-order valence-corrected chi connectivity index (χ4v) is 2.01. The van der Waals surface area contributed by atoms with E-state index in [9.17, 15) is 9.50 Å². The van der Waals surface area contributed by atoms with Crippen LogP contribution < -0.4 is 5.73 Å². The summed E-state index contributed by atoms with van der Waals surface area (Å²) >= 11 is 0. The summed E-state index contributed by atoms with van der Waals surface area (Å²) in [7, 11) is 0. The molecule has 0 amide bonds. The molecule has 3 heteroatoms. The van der Waals surface area contributed by atoms with Gasteiger partial charge in [-0.25, -0.2) is 4.39 Å². The Bertz CT molecular complexity index is 336. The molecule has 2 atom stereocenters. The van der Waals surface area contributed by atoms with Crippen molar-refractivity contribution >= 4 is 0 Å². The molecule has 0 aromatic heterocycles. The van der Waals surface area contributed by atoms with Crippen LogP contribution in [0.1, 0.15) is 17.9 Å². The number of nitrogens with two attached hydrogens (primary N) is 1. The Kier molecular flexibility index (Phi) is 2.29. The maximum atomic E-state index is 12.9. The zero-order valence-electron chi connectivity index (χ0n) is 7.91. The Labute approximate surface area is 82.5 Å². The predicted octanol–water partition coefficient (Wildman–Crippen LogP) is 1.25. The first kappa shape index (κ1) is 9.62. The molecule has 0 spiro atoms. The van der Waals surface area contributed by atoms with Gasteiger partial charge in [0.25, 0.3) is 0 Å². The van der Waals surface area contributed by atoms with E-state index >= 15 is 0 Å². The topological polar surface area (TPSA) is 46.2 Å². The van der Waals surface area contributed by atoms with Gasteiger partial charge < -0.3 is 10.8 Å². The smallest absolute Gasteiger partial charge is 0.123 e. The molecule has 2 nitrogen and oxygen atoms in total. The lowest BCUT2D eigenvalue weighted by molar-refractivity contribution is 0.211. The summed E-state index contributed by atoms with van der Waals surface area (Å²) < 4.78 is 12.9. The lowest BCUT2D eigenvalue weighted by Gasteiger charge is -2.10. The van der Waals surface area contributed by atoms with Crippen molar-refractivity contribution in [3.05, 3.63) is 35.6 Å². The average molecular weight is 195 g/mol. The first-order valence-electron chi connectivity index (χ1n) is 4.78. The second-order valence-electron chi connectivity index (χ2n) is 4.04. The minimum absolute atomic E-state index is 0.0880. The van der Waals surface area contributed by atoms with Crippen LogP contribution in [-0.2, 0) is 0 Å². The SMILES string of the molecule is NC[C@]1(CO)C[C@H]1c1cccc(F)c1. The molecule has 0 heterocycles. The summed E-state index contributed by atoms with van der Waals surface area (Å²) in [6, 6.07) is 6.54. The van der Waals surface area contributed by atoms with Gasteiger partial charge in [-0.15, -0.1) is 0 Å². The fourth-order valence-electron chi connectivity index (χ4n) is 2.01. The van der Waals surface area contributed by atoms with Crippen molar-refractivity contribution in [1.82, 2.24) is 0 Å². The standard InChI is InChI=1S/C11H14FNO/c12-9-3-1-2-8(4-9)10-5-11(10,6-13)7-14/h1-4,10,14H,5-7,13H2/t10-,11-/m0/s1. The molecule has 1 aromatic carbocycles. The number of hydrogen-bond donors (Lipinski definition) is 2. The molecule has 0 saturated heterocycles. The summed E-state index contributed by atoms with van der Waals surface area (Å²) in [5.74, 6) is 0.00598. The predicted molar refractivity (Wildman–Crippen MR) is 52.3 cm³/mol. The van der Waals surface area contributed by atoms with Crippen LogP contribution in [0.25, 0.3) is 0 Å². The molecule has 0 unspecified atom stereocenters. The summed E-state index contributed by atoms with van der Waals surface area (Å²) in [6.07, 6.45) is 0.865. The van der Waals surface area contributed by atoms with Gasteiger partial charge in [-0.2, -0.15) is 0 Å². The van der Waals surface area contributed by atoms with E-state index in [4.69, 9.17) is 5.73 Å². The maximum Gasteiger partial charge on any atom is 0.123 e. The Balaban J connectivity index is 2.19. The zero-order valence-corrected chi connectivity index (χ0v) is 7.91. The minimum Gasteiger partial charge on any atom is -0.396 e. The third-order valence-corrected chi connectivity index (χ3v) is 3.16. The van der Waals surface area contributed by atoms with Crippen LogP contribution in [0.15, 0.2) is 24.3 Å². The van der Waals surface area contributed by atoms with Crippen LogP contribution >= 0.6 is 0 Å². The summed E-state index contributed by atoms with van der Waals surface area (Å²) in [5, 5.41) is 9.18. The molecule has 3 N–H and O–H groups in total. The van der Waals surface area contributed by atoms with Crippen LogP contribution in [0, 0.1) is 11.2 Å². The Morgan fingerprint density at radius 3 is 2.86 bits per heavy atom. The largest absolute Gasteiger partial charge is 0.396 e. The van der Waals surface area contributed by atoms with Crippen molar-refractivity contribution in [3.63, 3.8) is 0 Å². The highest BCUT2D eigenvalue weighted by molar-refractivity contribution is 5.30. The number of aliphatic hydroxyl groups is 1. The van der Waals surface area contributed by atoms with Crippen molar-refractivity contribution in [2.75, 3.05) is 13.2 Å². The highest BCUT2D eigenvalue weighted by Gasteiger charge is 2.53. The lowest BCUT2D eigenvalue weighted by Crippen LogP contribution is -2.21. The van der Waals surface area contributed by atoms with Gasteiger partial charge in [0.1, 0.15) is 5.82 Å². The quantitative estimate of drug-likeness (QED) is 0.762. The molecule has 2 rings (SSSR count). The van der Waals surface area contributed by atoms with Gasteiger partial charge in [0.15, 0.2) is 0 Å². The third-order valence-electron chi connectivity index (χ3n) is 3.16. The van der Waals surface area contributed by atoms with Crippen molar-refractivity contribution < 1.29 is 9.50 Å². The van der Waals surface area contributed by atoms with E-state index in [0.29, 0.717) is 6.54 Å². The highest BCUT2D eigenvalue weighted by Crippen LogP contribution is 2.58. The van der Waals surface area contributed by atoms with Gasteiger partial charge in [0, 0.05) is 12.0 Å². The van der Waals surface area contributed by atoms with Gasteiger partial charge in [-0.3, -0.25) is 0 Å². The number of rotatable bonds is 3. The van der Waals surface area contributed by atoms with Crippen LogP contribution in [0.4, 0.5) is 4.39 Å². The van der Waals surface area contributed by atoms with Crippen molar-refractivity contribution in [2.45, 2.75) is 12.3 Å². The fraction of sp³-hybridized carbons (Fsp3) is 0.455. The van der Waals surface area contributed by atoms with Crippen LogP contribution in [0.2, 0.25) is 0 Å². The Morgan fingerprint density at radius 1 is 1.57 bits per heavy atom. The molecular weight excluding hydrogens is 181 g/mol. The van der Waals surface area contributed by atoms with E-state index < -0.39 is 0 Å². The monoisotopic (exact) mass is 195 g/mol. The number of hydrogen-bond acceptors (Lipinski definition) is 2. The van der Waals surface area contributed by atoms with Crippen molar-refractivity contribution in [3.8, 4) is 0 Å². The molecule has 14 heavy (non-hydrogen) atoms. The molecule has 1 aliphatic carbocycles. The molecule has 0 radical (unpaired) electrons. The lowest BCUT2D eigenvalue weighted by atomic mass is 10.0. The Morgan fingerprint density at radius 2 is 2.36 bits per heavy atom. The van der Waals surface area contributed by atoms with E-state index in [-0.39, 0.29) is 23.8 Å².